The van der Waals surface area contributed by atoms with Gasteiger partial charge in [-0.3, -0.25) is 4.90 Å². The Hall–Kier alpha value is -0.930. The monoisotopic (exact) mass is 276 g/mol. The molecule has 0 spiro atoms. The van der Waals surface area contributed by atoms with E-state index in [1.54, 1.807) is 0 Å². The lowest BCUT2D eigenvalue weighted by Gasteiger charge is -2.20. The number of hydrogen-bond donors (Lipinski definition) is 1. The third-order valence-corrected chi connectivity index (χ3v) is 4.28. The van der Waals surface area contributed by atoms with Crippen LogP contribution < -0.4 is 5.73 Å². The van der Waals surface area contributed by atoms with Crippen LogP contribution in [-0.2, 0) is 18.5 Å². The van der Waals surface area contributed by atoms with Gasteiger partial charge in [-0.2, -0.15) is 0 Å². The van der Waals surface area contributed by atoms with E-state index in [0.29, 0.717) is 4.99 Å². The minimum atomic E-state index is 0.217. The smallest absolute Gasteiger partial charge is 0.0768 e. The number of fused-ring (bicyclic) bond motifs is 1. The third kappa shape index (κ3) is 3.34. The van der Waals surface area contributed by atoms with Crippen molar-refractivity contribution in [2.75, 3.05) is 6.54 Å². The van der Waals surface area contributed by atoms with Gasteiger partial charge in [-0.25, -0.2) is 0 Å². The molecule has 1 aromatic carbocycles. The van der Waals surface area contributed by atoms with E-state index in [2.05, 4.69) is 50.8 Å². The normalized spacial score (nSPS) is 17.3. The molecule has 104 valence electrons. The van der Waals surface area contributed by atoms with E-state index in [-0.39, 0.29) is 11.3 Å². The predicted molar refractivity (Wildman–Crippen MR) is 85.2 cm³/mol. The molecule has 0 radical (unpaired) electrons. The molecule has 1 aliphatic rings. The first-order valence-corrected chi connectivity index (χ1v) is 7.32. The average molecular weight is 276 g/mol. The second-order valence-corrected chi connectivity index (χ2v) is 7.18. The van der Waals surface area contributed by atoms with E-state index in [1.165, 1.54) is 16.7 Å². The van der Waals surface area contributed by atoms with Crippen LogP contribution in [0.1, 0.15) is 44.4 Å². The Kier molecular flexibility index (Phi) is 3.98. The number of hydrogen-bond acceptors (Lipinski definition) is 2. The van der Waals surface area contributed by atoms with Gasteiger partial charge >= 0.3 is 0 Å². The van der Waals surface area contributed by atoms with Crippen LogP contribution in [0.3, 0.4) is 0 Å². The van der Waals surface area contributed by atoms with E-state index in [9.17, 15) is 0 Å². The maximum absolute atomic E-state index is 5.71. The first-order chi connectivity index (χ1) is 8.77. The van der Waals surface area contributed by atoms with Crippen molar-refractivity contribution in [2.45, 2.75) is 46.2 Å². The van der Waals surface area contributed by atoms with Crippen molar-refractivity contribution in [2.24, 2.45) is 11.7 Å². The lowest BCUT2D eigenvalue weighted by molar-refractivity contribution is 0.267. The van der Waals surface area contributed by atoms with Crippen LogP contribution in [-0.4, -0.2) is 16.4 Å². The van der Waals surface area contributed by atoms with Crippen LogP contribution >= 0.6 is 12.2 Å². The summed E-state index contributed by atoms with van der Waals surface area (Å²) < 4.78 is 0. The number of rotatable bonds is 3. The maximum Gasteiger partial charge on any atom is 0.0768 e. The SMILES string of the molecule is CC(CN1Cc2ccc(C(C)(C)C)cc2C1)C(N)=S. The van der Waals surface area contributed by atoms with Crippen LogP contribution in [0.5, 0.6) is 0 Å². The quantitative estimate of drug-likeness (QED) is 0.860. The van der Waals surface area contributed by atoms with E-state index in [0.717, 1.165) is 19.6 Å². The highest BCUT2D eigenvalue weighted by Crippen LogP contribution is 2.29. The second kappa shape index (κ2) is 5.22. The number of benzene rings is 1. The highest BCUT2D eigenvalue weighted by molar-refractivity contribution is 7.80. The number of thiocarbonyl (C=S) groups is 1. The largest absolute Gasteiger partial charge is 0.393 e. The lowest BCUT2D eigenvalue weighted by atomic mass is 9.85. The highest BCUT2D eigenvalue weighted by Gasteiger charge is 2.23. The van der Waals surface area contributed by atoms with Gasteiger partial charge in [-0.15, -0.1) is 0 Å². The van der Waals surface area contributed by atoms with Crippen LogP contribution in [0.25, 0.3) is 0 Å². The van der Waals surface area contributed by atoms with Crippen LogP contribution in [0.15, 0.2) is 18.2 Å². The van der Waals surface area contributed by atoms with Crippen molar-refractivity contribution >= 4 is 17.2 Å². The molecule has 0 bridgehead atoms. The van der Waals surface area contributed by atoms with Gasteiger partial charge in [-0.1, -0.05) is 58.1 Å². The van der Waals surface area contributed by atoms with Crippen molar-refractivity contribution in [1.29, 1.82) is 0 Å². The van der Waals surface area contributed by atoms with Gasteiger partial charge in [0.25, 0.3) is 0 Å². The molecule has 2 N–H and O–H groups in total. The summed E-state index contributed by atoms with van der Waals surface area (Å²) in [6.45, 7) is 11.9. The molecule has 2 nitrogen and oxygen atoms in total. The first kappa shape index (κ1) is 14.5. The molecular formula is C16H24N2S. The zero-order chi connectivity index (χ0) is 14.2. The minimum absolute atomic E-state index is 0.217. The number of nitrogens with zero attached hydrogens (tertiary/aromatic N) is 1. The zero-order valence-corrected chi connectivity index (χ0v) is 13.2. The van der Waals surface area contributed by atoms with E-state index < -0.39 is 0 Å². The molecule has 2 rings (SSSR count). The van der Waals surface area contributed by atoms with Gasteiger partial charge in [-0.05, 0) is 22.1 Å². The molecule has 1 atom stereocenters. The number of nitrogens with two attached hydrogens (primary N) is 1. The molecular weight excluding hydrogens is 252 g/mol. The molecule has 1 heterocycles. The summed E-state index contributed by atoms with van der Waals surface area (Å²) in [6.07, 6.45) is 0. The van der Waals surface area contributed by atoms with Crippen molar-refractivity contribution in [3.05, 3.63) is 34.9 Å². The molecule has 3 heteroatoms. The summed E-state index contributed by atoms with van der Waals surface area (Å²) in [7, 11) is 0. The van der Waals surface area contributed by atoms with Crippen molar-refractivity contribution in [3.63, 3.8) is 0 Å². The van der Waals surface area contributed by atoms with Crippen LogP contribution in [0.2, 0.25) is 0 Å². The van der Waals surface area contributed by atoms with Gasteiger partial charge < -0.3 is 5.73 Å². The Morgan fingerprint density at radius 1 is 1.32 bits per heavy atom. The van der Waals surface area contributed by atoms with Gasteiger partial charge in [0.2, 0.25) is 0 Å². The van der Waals surface area contributed by atoms with E-state index >= 15 is 0 Å². The molecule has 0 saturated heterocycles. The zero-order valence-electron chi connectivity index (χ0n) is 12.4. The Bertz CT molecular complexity index is 488. The summed E-state index contributed by atoms with van der Waals surface area (Å²) in [5.41, 5.74) is 10.2. The summed E-state index contributed by atoms with van der Waals surface area (Å²) in [6, 6.07) is 6.90. The van der Waals surface area contributed by atoms with Crippen molar-refractivity contribution in [1.82, 2.24) is 4.90 Å². The molecule has 0 amide bonds. The fourth-order valence-corrected chi connectivity index (χ4v) is 2.61. The fourth-order valence-electron chi connectivity index (χ4n) is 2.54. The van der Waals surface area contributed by atoms with Crippen LogP contribution in [0.4, 0.5) is 0 Å². The molecule has 19 heavy (non-hydrogen) atoms. The Morgan fingerprint density at radius 3 is 2.53 bits per heavy atom. The predicted octanol–water partition coefficient (Wildman–Crippen LogP) is 3.22. The Balaban J connectivity index is 2.10. The summed E-state index contributed by atoms with van der Waals surface area (Å²) in [5.74, 6) is 0.284. The van der Waals surface area contributed by atoms with Gasteiger partial charge in [0.1, 0.15) is 0 Å². The summed E-state index contributed by atoms with van der Waals surface area (Å²) in [4.78, 5) is 3.05. The Labute approximate surface area is 122 Å². The van der Waals surface area contributed by atoms with Crippen molar-refractivity contribution in [3.8, 4) is 0 Å². The lowest BCUT2D eigenvalue weighted by Crippen LogP contribution is -2.30. The average Bonchev–Trinajstić information content (AvgIpc) is 2.68. The molecule has 1 aromatic rings. The van der Waals surface area contributed by atoms with Crippen molar-refractivity contribution < 1.29 is 0 Å². The minimum Gasteiger partial charge on any atom is -0.393 e. The van der Waals surface area contributed by atoms with E-state index in [4.69, 9.17) is 18.0 Å². The Morgan fingerprint density at radius 2 is 1.95 bits per heavy atom. The molecule has 1 unspecified atom stereocenters. The summed E-state index contributed by atoms with van der Waals surface area (Å²) in [5, 5.41) is 0. The highest BCUT2D eigenvalue weighted by atomic mass is 32.1. The second-order valence-electron chi connectivity index (χ2n) is 6.71. The van der Waals surface area contributed by atoms with Gasteiger partial charge in [0, 0.05) is 25.6 Å². The fraction of sp³-hybridized carbons (Fsp3) is 0.562. The molecule has 1 aliphatic heterocycles. The maximum atomic E-state index is 5.71. The molecule has 0 aliphatic carbocycles. The third-order valence-electron chi connectivity index (χ3n) is 3.88. The molecule has 0 aromatic heterocycles. The first-order valence-electron chi connectivity index (χ1n) is 6.91. The topological polar surface area (TPSA) is 29.3 Å². The van der Waals surface area contributed by atoms with Crippen LogP contribution in [0, 0.1) is 5.92 Å². The van der Waals surface area contributed by atoms with Gasteiger partial charge in [0.05, 0.1) is 4.99 Å². The van der Waals surface area contributed by atoms with Gasteiger partial charge in [0.15, 0.2) is 0 Å². The summed E-state index contributed by atoms with van der Waals surface area (Å²) >= 11 is 5.06. The standard InChI is InChI=1S/C16H24N2S/c1-11(15(17)19)8-18-9-12-5-6-14(16(2,3)4)7-13(12)10-18/h5-7,11H,8-10H2,1-4H3,(H2,17,19). The molecule has 0 fully saturated rings. The molecule has 0 saturated carbocycles. The van der Waals surface area contributed by atoms with E-state index in [1.807, 2.05) is 0 Å².